The molecule has 2 rings (SSSR count). The Morgan fingerprint density at radius 1 is 1.24 bits per heavy atom. The number of nitrogens with one attached hydrogen (secondary N) is 1. The smallest absolute Gasteiger partial charge is 0.253 e. The number of carbonyl (C=O) groups is 2. The molecule has 1 fully saturated rings. The number of hydrogen-bond donors (Lipinski definition) is 2. The van der Waals surface area contributed by atoms with E-state index in [0.29, 0.717) is 44.0 Å². The third kappa shape index (κ3) is 3.72. The van der Waals surface area contributed by atoms with Crippen molar-refractivity contribution >= 4 is 17.5 Å². The number of anilines is 1. The molecule has 0 saturated carbocycles. The van der Waals surface area contributed by atoms with E-state index in [-0.39, 0.29) is 11.8 Å². The highest BCUT2D eigenvalue weighted by molar-refractivity contribution is 5.95. The number of amides is 2. The van der Waals surface area contributed by atoms with Gasteiger partial charge < -0.3 is 16.0 Å². The van der Waals surface area contributed by atoms with Crippen molar-refractivity contribution in [3.63, 3.8) is 0 Å². The van der Waals surface area contributed by atoms with Gasteiger partial charge in [-0.15, -0.1) is 0 Å². The van der Waals surface area contributed by atoms with Gasteiger partial charge in [0.2, 0.25) is 5.91 Å². The van der Waals surface area contributed by atoms with E-state index in [9.17, 15) is 9.59 Å². The maximum Gasteiger partial charge on any atom is 0.253 e. The summed E-state index contributed by atoms with van der Waals surface area (Å²) in [5.74, 6) is 0.0293. The lowest BCUT2D eigenvalue weighted by molar-refractivity contribution is -0.122. The number of rotatable bonds is 3. The first-order valence-electron chi connectivity index (χ1n) is 7.09. The number of nitrogen functional groups attached to an aromatic ring is 1. The zero-order valence-corrected chi connectivity index (χ0v) is 12.6. The molecule has 1 aromatic carbocycles. The molecule has 1 heterocycles. The van der Waals surface area contributed by atoms with Crippen molar-refractivity contribution in [2.45, 2.75) is 6.92 Å². The van der Waals surface area contributed by atoms with Gasteiger partial charge in [-0.3, -0.25) is 14.5 Å². The van der Waals surface area contributed by atoms with Gasteiger partial charge in [-0.2, -0.15) is 0 Å². The molecule has 0 aliphatic carbocycles. The van der Waals surface area contributed by atoms with Gasteiger partial charge in [-0.1, -0.05) is 0 Å². The van der Waals surface area contributed by atoms with Crippen LogP contribution in [0.3, 0.4) is 0 Å². The molecule has 1 aliphatic rings. The number of carbonyl (C=O) groups excluding carboxylic acids is 2. The molecular weight excluding hydrogens is 268 g/mol. The second-order valence-corrected chi connectivity index (χ2v) is 5.31. The summed E-state index contributed by atoms with van der Waals surface area (Å²) in [7, 11) is 1.63. The van der Waals surface area contributed by atoms with E-state index in [2.05, 4.69) is 10.2 Å². The molecule has 1 aliphatic heterocycles. The summed E-state index contributed by atoms with van der Waals surface area (Å²) in [6.07, 6.45) is 0. The third-order valence-electron chi connectivity index (χ3n) is 3.82. The normalized spacial score (nSPS) is 15.8. The zero-order valence-electron chi connectivity index (χ0n) is 12.6. The SMILES string of the molecule is CNC(=O)CN1CCN(C(=O)c2ccc(N)c(C)c2)CC1. The first-order chi connectivity index (χ1) is 10.0. The van der Waals surface area contributed by atoms with Gasteiger partial charge in [0, 0.05) is 44.5 Å². The molecule has 6 nitrogen and oxygen atoms in total. The Hall–Kier alpha value is -2.08. The van der Waals surface area contributed by atoms with E-state index in [1.165, 1.54) is 0 Å². The van der Waals surface area contributed by atoms with Crippen molar-refractivity contribution in [2.75, 3.05) is 45.5 Å². The minimum absolute atomic E-state index is 0.00364. The first kappa shape index (κ1) is 15.3. The summed E-state index contributed by atoms with van der Waals surface area (Å²) in [5, 5.41) is 2.61. The molecule has 1 aromatic rings. The van der Waals surface area contributed by atoms with Gasteiger partial charge >= 0.3 is 0 Å². The molecule has 0 atom stereocenters. The highest BCUT2D eigenvalue weighted by atomic mass is 16.2. The van der Waals surface area contributed by atoms with Crippen molar-refractivity contribution in [1.29, 1.82) is 0 Å². The summed E-state index contributed by atoms with van der Waals surface area (Å²) < 4.78 is 0. The second-order valence-electron chi connectivity index (χ2n) is 5.31. The Morgan fingerprint density at radius 3 is 2.48 bits per heavy atom. The van der Waals surface area contributed by atoms with Crippen molar-refractivity contribution in [3.05, 3.63) is 29.3 Å². The van der Waals surface area contributed by atoms with Crippen LogP contribution in [0.25, 0.3) is 0 Å². The molecule has 0 radical (unpaired) electrons. The number of benzene rings is 1. The number of nitrogens with zero attached hydrogens (tertiary/aromatic N) is 2. The summed E-state index contributed by atoms with van der Waals surface area (Å²) in [6, 6.07) is 5.36. The lowest BCUT2D eigenvalue weighted by Crippen LogP contribution is -2.50. The minimum atomic E-state index is 0.00364. The van der Waals surface area contributed by atoms with Crippen molar-refractivity contribution < 1.29 is 9.59 Å². The van der Waals surface area contributed by atoms with E-state index in [0.717, 1.165) is 5.56 Å². The van der Waals surface area contributed by atoms with Gasteiger partial charge in [-0.05, 0) is 30.7 Å². The van der Waals surface area contributed by atoms with Gasteiger partial charge in [0.15, 0.2) is 0 Å². The van der Waals surface area contributed by atoms with Crippen LogP contribution in [0.15, 0.2) is 18.2 Å². The predicted octanol–water partition coefficient (Wildman–Crippen LogP) is 0.0810. The van der Waals surface area contributed by atoms with Crippen LogP contribution in [0, 0.1) is 6.92 Å². The number of piperazine rings is 1. The largest absolute Gasteiger partial charge is 0.399 e. The third-order valence-corrected chi connectivity index (χ3v) is 3.82. The van der Waals surface area contributed by atoms with E-state index in [4.69, 9.17) is 5.73 Å². The standard InChI is InChI=1S/C15H22N4O2/c1-11-9-12(3-4-13(11)16)15(21)19-7-5-18(6-8-19)10-14(20)17-2/h3-4,9H,5-8,10,16H2,1-2H3,(H,17,20). The molecule has 21 heavy (non-hydrogen) atoms. The van der Waals surface area contributed by atoms with Crippen LogP contribution < -0.4 is 11.1 Å². The van der Waals surface area contributed by atoms with Crippen LogP contribution in [0.1, 0.15) is 15.9 Å². The van der Waals surface area contributed by atoms with Crippen molar-refractivity contribution in [1.82, 2.24) is 15.1 Å². The molecule has 3 N–H and O–H groups in total. The second kappa shape index (κ2) is 6.58. The van der Waals surface area contributed by atoms with Crippen LogP contribution in [-0.2, 0) is 4.79 Å². The molecule has 0 aromatic heterocycles. The fourth-order valence-corrected chi connectivity index (χ4v) is 2.38. The monoisotopic (exact) mass is 290 g/mol. The van der Waals surface area contributed by atoms with Gasteiger partial charge in [0.1, 0.15) is 0 Å². The molecule has 0 unspecified atom stereocenters. The maximum atomic E-state index is 12.4. The summed E-state index contributed by atoms with van der Waals surface area (Å²) in [5.41, 5.74) is 8.06. The van der Waals surface area contributed by atoms with Crippen molar-refractivity contribution in [3.8, 4) is 0 Å². The van der Waals surface area contributed by atoms with Crippen LogP contribution in [0.4, 0.5) is 5.69 Å². The fraction of sp³-hybridized carbons (Fsp3) is 0.467. The van der Waals surface area contributed by atoms with Crippen LogP contribution in [0.2, 0.25) is 0 Å². The summed E-state index contributed by atoms with van der Waals surface area (Å²) in [6.45, 7) is 4.99. The zero-order chi connectivity index (χ0) is 15.4. The average molecular weight is 290 g/mol. The van der Waals surface area contributed by atoms with E-state index in [1.807, 2.05) is 17.9 Å². The number of likely N-dealkylation sites (N-methyl/N-ethyl adjacent to an activating group) is 1. The lowest BCUT2D eigenvalue weighted by atomic mass is 10.1. The average Bonchev–Trinajstić information content (AvgIpc) is 2.50. The quantitative estimate of drug-likeness (QED) is 0.773. The highest BCUT2D eigenvalue weighted by Crippen LogP contribution is 2.15. The first-order valence-corrected chi connectivity index (χ1v) is 7.09. The Morgan fingerprint density at radius 2 is 1.90 bits per heavy atom. The minimum Gasteiger partial charge on any atom is -0.399 e. The lowest BCUT2D eigenvalue weighted by Gasteiger charge is -2.34. The van der Waals surface area contributed by atoms with E-state index in [1.54, 1.807) is 19.2 Å². The number of nitrogens with two attached hydrogens (primary N) is 1. The predicted molar refractivity (Wildman–Crippen MR) is 82.0 cm³/mol. The Bertz CT molecular complexity index is 536. The molecule has 2 amide bonds. The molecular formula is C15H22N4O2. The van der Waals surface area contributed by atoms with E-state index >= 15 is 0 Å². The molecule has 114 valence electrons. The Labute approximate surface area is 124 Å². The molecule has 0 spiro atoms. The van der Waals surface area contributed by atoms with Crippen LogP contribution in [0.5, 0.6) is 0 Å². The number of hydrogen-bond acceptors (Lipinski definition) is 4. The van der Waals surface area contributed by atoms with Crippen LogP contribution in [-0.4, -0.2) is 61.4 Å². The van der Waals surface area contributed by atoms with Gasteiger partial charge in [-0.25, -0.2) is 0 Å². The summed E-state index contributed by atoms with van der Waals surface area (Å²) >= 11 is 0. The maximum absolute atomic E-state index is 12.4. The van der Waals surface area contributed by atoms with Crippen molar-refractivity contribution in [2.24, 2.45) is 0 Å². The number of aryl methyl sites for hydroxylation is 1. The Balaban J connectivity index is 1.93. The van der Waals surface area contributed by atoms with Gasteiger partial charge in [0.25, 0.3) is 5.91 Å². The van der Waals surface area contributed by atoms with Gasteiger partial charge in [0.05, 0.1) is 6.54 Å². The highest BCUT2D eigenvalue weighted by Gasteiger charge is 2.23. The van der Waals surface area contributed by atoms with Crippen LogP contribution >= 0.6 is 0 Å². The molecule has 1 saturated heterocycles. The topological polar surface area (TPSA) is 78.7 Å². The fourth-order valence-electron chi connectivity index (χ4n) is 2.38. The molecule has 6 heteroatoms. The summed E-state index contributed by atoms with van der Waals surface area (Å²) in [4.78, 5) is 27.7. The molecule has 0 bridgehead atoms. The Kier molecular flexibility index (Phi) is 4.80. The van der Waals surface area contributed by atoms with E-state index < -0.39 is 0 Å².